The highest BCUT2D eigenvalue weighted by atomic mass is 35.5. The van der Waals surface area contributed by atoms with Crippen molar-refractivity contribution in [3.63, 3.8) is 0 Å². The molecule has 0 amide bonds. The molecule has 17 heavy (non-hydrogen) atoms. The molecular formula is C9H11ClN2O5. The molecule has 1 aromatic rings. The zero-order valence-corrected chi connectivity index (χ0v) is 9.36. The third-order valence-corrected chi connectivity index (χ3v) is 2.80. The van der Waals surface area contributed by atoms with Crippen molar-refractivity contribution in [2.45, 2.75) is 24.5 Å². The number of rotatable bonds is 2. The quantitative estimate of drug-likeness (QED) is 0.561. The number of hydrogen-bond acceptors (Lipinski definition) is 6. The molecule has 4 atom stereocenters. The van der Waals surface area contributed by atoms with Crippen molar-refractivity contribution in [3.8, 4) is 0 Å². The van der Waals surface area contributed by atoms with E-state index in [-0.39, 0.29) is 5.15 Å². The van der Waals surface area contributed by atoms with E-state index in [1.807, 2.05) is 0 Å². The molecule has 0 bridgehead atoms. The first-order valence-corrected chi connectivity index (χ1v) is 5.28. The molecule has 1 aliphatic rings. The van der Waals surface area contributed by atoms with Crippen molar-refractivity contribution in [2.75, 3.05) is 6.61 Å². The minimum Gasteiger partial charge on any atom is -0.394 e. The summed E-state index contributed by atoms with van der Waals surface area (Å²) in [7, 11) is 0. The van der Waals surface area contributed by atoms with Gasteiger partial charge in [0.2, 0.25) is 0 Å². The summed E-state index contributed by atoms with van der Waals surface area (Å²) in [5.74, 6) is 0. The molecule has 4 unspecified atom stereocenters. The maximum Gasteiger partial charge on any atom is 0.257 e. The van der Waals surface area contributed by atoms with Crippen LogP contribution < -0.4 is 5.56 Å². The summed E-state index contributed by atoms with van der Waals surface area (Å²) in [6.45, 7) is -0.454. The van der Waals surface area contributed by atoms with E-state index in [1.165, 1.54) is 0 Å². The van der Waals surface area contributed by atoms with E-state index >= 15 is 0 Å². The van der Waals surface area contributed by atoms with Crippen molar-refractivity contribution in [1.82, 2.24) is 9.55 Å². The molecular weight excluding hydrogens is 252 g/mol. The van der Waals surface area contributed by atoms with Crippen LogP contribution in [0.15, 0.2) is 17.2 Å². The number of aliphatic hydroxyl groups excluding tert-OH is 3. The van der Waals surface area contributed by atoms with E-state index in [2.05, 4.69) is 4.98 Å². The lowest BCUT2D eigenvalue weighted by Crippen LogP contribution is -2.35. The Balaban J connectivity index is 2.32. The zero-order chi connectivity index (χ0) is 12.6. The van der Waals surface area contributed by atoms with Crippen LogP contribution in [0, 0.1) is 0 Å². The Hall–Kier alpha value is -0.990. The Bertz CT molecular complexity index is 465. The lowest BCUT2D eigenvalue weighted by Gasteiger charge is -2.16. The standard InChI is InChI=1S/C9H11ClN2O5/c10-5-1-6(14)12(3-11-5)9-8(16)7(15)4(2-13)17-9/h1,3-4,7-9,13,15-16H,2H2. The molecule has 0 saturated carbocycles. The largest absolute Gasteiger partial charge is 0.394 e. The van der Waals surface area contributed by atoms with Gasteiger partial charge < -0.3 is 20.1 Å². The van der Waals surface area contributed by atoms with Gasteiger partial charge in [0.05, 0.1) is 6.61 Å². The molecule has 1 aromatic heterocycles. The van der Waals surface area contributed by atoms with Crippen LogP contribution in [0.25, 0.3) is 0 Å². The Morgan fingerprint density at radius 3 is 2.71 bits per heavy atom. The number of hydrogen-bond donors (Lipinski definition) is 3. The number of aromatic nitrogens is 2. The molecule has 0 aromatic carbocycles. The van der Waals surface area contributed by atoms with Crippen LogP contribution in [0.5, 0.6) is 0 Å². The summed E-state index contributed by atoms with van der Waals surface area (Å²) in [5.41, 5.74) is -0.514. The average molecular weight is 263 g/mol. The minimum atomic E-state index is -1.31. The third-order valence-electron chi connectivity index (χ3n) is 2.59. The van der Waals surface area contributed by atoms with Crippen molar-refractivity contribution in [2.24, 2.45) is 0 Å². The maximum atomic E-state index is 11.6. The van der Waals surface area contributed by atoms with Gasteiger partial charge in [-0.25, -0.2) is 4.98 Å². The molecule has 1 aliphatic heterocycles. The van der Waals surface area contributed by atoms with Crippen molar-refractivity contribution < 1.29 is 20.1 Å². The Labute approximate surface area is 101 Å². The average Bonchev–Trinajstić information content (AvgIpc) is 2.57. The van der Waals surface area contributed by atoms with Crippen LogP contribution in [0.4, 0.5) is 0 Å². The van der Waals surface area contributed by atoms with E-state index in [9.17, 15) is 15.0 Å². The third kappa shape index (κ3) is 2.20. The van der Waals surface area contributed by atoms with Gasteiger partial charge in [-0.15, -0.1) is 0 Å². The van der Waals surface area contributed by atoms with Gasteiger partial charge in [0, 0.05) is 6.07 Å². The summed E-state index contributed by atoms with van der Waals surface area (Å²) in [6.07, 6.45) is -3.47. The molecule has 7 nitrogen and oxygen atoms in total. The van der Waals surface area contributed by atoms with Gasteiger partial charge in [-0.05, 0) is 0 Å². The summed E-state index contributed by atoms with van der Waals surface area (Å²) in [5, 5.41) is 28.2. The fourth-order valence-electron chi connectivity index (χ4n) is 1.69. The highest BCUT2D eigenvalue weighted by Gasteiger charge is 2.43. The smallest absolute Gasteiger partial charge is 0.257 e. The lowest BCUT2D eigenvalue weighted by atomic mass is 10.1. The van der Waals surface area contributed by atoms with Crippen molar-refractivity contribution in [1.29, 1.82) is 0 Å². The van der Waals surface area contributed by atoms with Gasteiger partial charge >= 0.3 is 0 Å². The predicted octanol–water partition coefficient (Wildman–Crippen LogP) is -1.49. The predicted molar refractivity (Wildman–Crippen MR) is 56.5 cm³/mol. The molecule has 94 valence electrons. The Kier molecular flexibility index (Phi) is 3.45. The van der Waals surface area contributed by atoms with Gasteiger partial charge in [0.15, 0.2) is 6.23 Å². The lowest BCUT2D eigenvalue weighted by molar-refractivity contribution is -0.0548. The number of ether oxygens (including phenoxy) is 1. The first-order valence-electron chi connectivity index (χ1n) is 4.90. The SMILES string of the molecule is O=c1cc(Cl)ncn1C1OC(CO)C(O)C1O. The van der Waals surface area contributed by atoms with Gasteiger partial charge in [-0.1, -0.05) is 11.6 Å². The highest BCUT2D eigenvalue weighted by Crippen LogP contribution is 2.27. The Morgan fingerprint density at radius 1 is 1.47 bits per heavy atom. The van der Waals surface area contributed by atoms with Gasteiger partial charge in [-0.2, -0.15) is 0 Å². The second-order valence-electron chi connectivity index (χ2n) is 3.69. The second-order valence-corrected chi connectivity index (χ2v) is 4.07. The molecule has 1 saturated heterocycles. The highest BCUT2D eigenvalue weighted by molar-refractivity contribution is 6.29. The molecule has 2 heterocycles. The maximum absolute atomic E-state index is 11.6. The summed E-state index contributed by atoms with van der Waals surface area (Å²) < 4.78 is 6.18. The van der Waals surface area contributed by atoms with Crippen LogP contribution in [0.3, 0.4) is 0 Å². The van der Waals surface area contributed by atoms with Crippen LogP contribution in [0.2, 0.25) is 5.15 Å². The van der Waals surface area contributed by atoms with E-state index in [0.717, 1.165) is 17.0 Å². The monoisotopic (exact) mass is 262 g/mol. The first kappa shape index (κ1) is 12.5. The van der Waals surface area contributed by atoms with E-state index in [4.69, 9.17) is 21.4 Å². The summed E-state index contributed by atoms with van der Waals surface area (Å²) in [6, 6.07) is 1.07. The number of halogens is 1. The molecule has 2 rings (SSSR count). The van der Waals surface area contributed by atoms with E-state index < -0.39 is 36.7 Å². The van der Waals surface area contributed by atoms with Crippen molar-refractivity contribution >= 4 is 11.6 Å². The summed E-state index contributed by atoms with van der Waals surface area (Å²) >= 11 is 5.53. The van der Waals surface area contributed by atoms with Gasteiger partial charge in [-0.3, -0.25) is 9.36 Å². The van der Waals surface area contributed by atoms with Gasteiger partial charge in [0.25, 0.3) is 5.56 Å². The molecule has 8 heteroatoms. The molecule has 3 N–H and O–H groups in total. The Morgan fingerprint density at radius 2 is 2.18 bits per heavy atom. The van der Waals surface area contributed by atoms with Crippen LogP contribution >= 0.6 is 11.6 Å². The molecule has 1 fully saturated rings. The topological polar surface area (TPSA) is 105 Å². The van der Waals surface area contributed by atoms with Crippen molar-refractivity contribution in [3.05, 3.63) is 27.9 Å². The minimum absolute atomic E-state index is 0.0259. The fourth-order valence-corrected chi connectivity index (χ4v) is 1.83. The van der Waals surface area contributed by atoms with E-state index in [0.29, 0.717) is 0 Å². The molecule has 0 radical (unpaired) electrons. The van der Waals surface area contributed by atoms with Crippen LogP contribution in [-0.4, -0.2) is 49.8 Å². The number of nitrogens with zero attached hydrogens (tertiary/aromatic N) is 2. The van der Waals surface area contributed by atoms with Gasteiger partial charge in [0.1, 0.15) is 29.8 Å². The van der Waals surface area contributed by atoms with Crippen LogP contribution in [-0.2, 0) is 4.74 Å². The molecule has 0 aliphatic carbocycles. The first-order chi connectivity index (χ1) is 8.04. The van der Waals surface area contributed by atoms with Crippen LogP contribution in [0.1, 0.15) is 6.23 Å². The fraction of sp³-hybridized carbons (Fsp3) is 0.556. The molecule has 0 spiro atoms. The summed E-state index contributed by atoms with van der Waals surface area (Å²) in [4.78, 5) is 15.3. The second kappa shape index (κ2) is 4.71. The van der Waals surface area contributed by atoms with E-state index in [1.54, 1.807) is 0 Å². The zero-order valence-electron chi connectivity index (χ0n) is 8.60. The number of aliphatic hydroxyl groups is 3. The normalized spacial score (nSPS) is 32.9.